The molecule has 0 atom stereocenters. The summed E-state index contributed by atoms with van der Waals surface area (Å²) < 4.78 is 27.8. The Morgan fingerprint density at radius 1 is 1.21 bits per heavy atom. The summed E-state index contributed by atoms with van der Waals surface area (Å²) >= 11 is 2.16. The van der Waals surface area contributed by atoms with Gasteiger partial charge in [0.05, 0.1) is 5.69 Å². The van der Waals surface area contributed by atoms with Crippen LogP contribution >= 0.6 is 22.6 Å². The molecule has 0 radical (unpaired) electrons. The zero-order valence-electron chi connectivity index (χ0n) is 9.98. The van der Waals surface area contributed by atoms with Crippen molar-refractivity contribution in [3.63, 3.8) is 0 Å². The van der Waals surface area contributed by atoms with Crippen LogP contribution in [-0.2, 0) is 10.0 Å². The van der Waals surface area contributed by atoms with Gasteiger partial charge in [-0.25, -0.2) is 8.42 Å². The first-order valence-electron chi connectivity index (χ1n) is 5.36. The first-order chi connectivity index (χ1) is 8.88. The summed E-state index contributed by atoms with van der Waals surface area (Å²) in [4.78, 5) is 13.3. The monoisotopic (exact) mass is 390 g/mol. The summed E-state index contributed by atoms with van der Waals surface area (Å²) in [5.74, 6) is 0. The van der Waals surface area contributed by atoms with Gasteiger partial charge in [-0.1, -0.05) is 0 Å². The Hall–Kier alpha value is -1.35. The van der Waals surface area contributed by atoms with E-state index in [2.05, 4.69) is 32.3 Å². The van der Waals surface area contributed by atoms with Crippen molar-refractivity contribution in [2.45, 2.75) is 11.8 Å². The fourth-order valence-corrected chi connectivity index (χ4v) is 3.25. The number of aryl methyl sites for hydroxylation is 1. The fourth-order valence-electron chi connectivity index (χ4n) is 1.51. The van der Waals surface area contributed by atoms with E-state index in [1.165, 1.54) is 18.3 Å². The minimum Gasteiger partial charge on any atom is -0.328 e. The second kappa shape index (κ2) is 5.33. The summed E-state index contributed by atoms with van der Waals surface area (Å²) in [6, 6.07) is 7.85. The van der Waals surface area contributed by atoms with E-state index in [9.17, 15) is 13.2 Å². The molecular formula is C12H11IN2O3S. The number of aromatic nitrogens is 1. The van der Waals surface area contributed by atoms with Gasteiger partial charge in [-0.2, -0.15) is 0 Å². The molecule has 0 aliphatic carbocycles. The normalized spacial score (nSPS) is 11.3. The number of hydrogen-bond donors (Lipinski definition) is 2. The lowest BCUT2D eigenvalue weighted by atomic mass is 10.2. The van der Waals surface area contributed by atoms with Gasteiger partial charge in [0.15, 0.2) is 0 Å². The van der Waals surface area contributed by atoms with Crippen LogP contribution in [0.25, 0.3) is 0 Å². The number of pyridine rings is 1. The zero-order chi connectivity index (χ0) is 14.0. The Bertz CT molecular complexity index is 748. The van der Waals surface area contributed by atoms with Crippen LogP contribution in [0.1, 0.15) is 5.56 Å². The summed E-state index contributed by atoms with van der Waals surface area (Å²) in [7, 11) is -3.69. The first kappa shape index (κ1) is 14.1. The third-order valence-electron chi connectivity index (χ3n) is 2.50. The van der Waals surface area contributed by atoms with E-state index in [0.29, 0.717) is 5.69 Å². The largest absolute Gasteiger partial charge is 0.328 e. The quantitative estimate of drug-likeness (QED) is 0.788. The summed E-state index contributed by atoms with van der Waals surface area (Å²) in [6.07, 6.45) is 1.17. The van der Waals surface area contributed by atoms with Crippen LogP contribution < -0.4 is 10.3 Å². The lowest BCUT2D eigenvalue weighted by Crippen LogP contribution is -2.15. The highest BCUT2D eigenvalue weighted by Crippen LogP contribution is 2.20. The number of hydrogen-bond acceptors (Lipinski definition) is 3. The van der Waals surface area contributed by atoms with Crippen molar-refractivity contribution in [2.75, 3.05) is 4.72 Å². The number of sulfonamides is 1. The van der Waals surface area contributed by atoms with Gasteiger partial charge in [0.1, 0.15) is 4.90 Å². The Morgan fingerprint density at radius 3 is 2.53 bits per heavy atom. The van der Waals surface area contributed by atoms with Gasteiger partial charge in [0.2, 0.25) is 5.56 Å². The zero-order valence-corrected chi connectivity index (χ0v) is 12.9. The van der Waals surface area contributed by atoms with E-state index < -0.39 is 10.0 Å². The lowest BCUT2D eigenvalue weighted by Gasteiger charge is -2.10. The Kier molecular flexibility index (Phi) is 3.95. The molecule has 1 heterocycles. The van der Waals surface area contributed by atoms with Crippen molar-refractivity contribution >= 4 is 38.3 Å². The molecule has 0 aliphatic heterocycles. The van der Waals surface area contributed by atoms with Crippen molar-refractivity contribution in [3.05, 3.63) is 56.0 Å². The average Bonchev–Trinajstić information content (AvgIpc) is 2.33. The molecule has 0 fully saturated rings. The van der Waals surface area contributed by atoms with Crippen LogP contribution in [0.15, 0.2) is 46.2 Å². The van der Waals surface area contributed by atoms with Crippen LogP contribution in [0.5, 0.6) is 0 Å². The number of nitrogens with one attached hydrogen (secondary N) is 2. The minimum absolute atomic E-state index is 0.0186. The second-order valence-electron chi connectivity index (χ2n) is 3.95. The molecule has 7 heteroatoms. The number of aromatic amines is 1. The van der Waals surface area contributed by atoms with Crippen molar-refractivity contribution in [2.24, 2.45) is 0 Å². The molecule has 0 unspecified atom stereocenters. The number of H-pyrrole nitrogens is 1. The number of halogens is 1. The van der Waals surface area contributed by atoms with Crippen molar-refractivity contribution in [1.82, 2.24) is 4.98 Å². The van der Waals surface area contributed by atoms with Crippen molar-refractivity contribution in [1.29, 1.82) is 0 Å². The SMILES string of the molecule is Cc1cc(I)ccc1NS(=O)(=O)c1ccc(=O)[nH]c1. The van der Waals surface area contributed by atoms with E-state index in [4.69, 9.17) is 0 Å². The van der Waals surface area contributed by atoms with Crippen molar-refractivity contribution in [3.8, 4) is 0 Å². The third-order valence-corrected chi connectivity index (χ3v) is 4.53. The molecule has 0 amide bonds. The van der Waals surface area contributed by atoms with E-state index >= 15 is 0 Å². The van der Waals surface area contributed by atoms with Gasteiger partial charge in [0.25, 0.3) is 10.0 Å². The fraction of sp³-hybridized carbons (Fsp3) is 0.0833. The Labute approximate surface area is 124 Å². The van der Waals surface area contributed by atoms with E-state index in [1.807, 2.05) is 19.1 Å². The van der Waals surface area contributed by atoms with Gasteiger partial charge in [-0.15, -0.1) is 0 Å². The van der Waals surface area contributed by atoms with Crippen LogP contribution in [0.4, 0.5) is 5.69 Å². The molecule has 1 aromatic carbocycles. The predicted molar refractivity (Wildman–Crippen MR) is 81.8 cm³/mol. The Balaban J connectivity index is 2.36. The maximum Gasteiger partial charge on any atom is 0.263 e. The van der Waals surface area contributed by atoms with Gasteiger partial charge < -0.3 is 4.98 Å². The van der Waals surface area contributed by atoms with Crippen molar-refractivity contribution < 1.29 is 8.42 Å². The van der Waals surface area contributed by atoms with Gasteiger partial charge in [-0.3, -0.25) is 9.52 Å². The van der Waals surface area contributed by atoms with Crippen LogP contribution in [0, 0.1) is 10.5 Å². The maximum absolute atomic E-state index is 12.1. The maximum atomic E-state index is 12.1. The summed E-state index contributed by atoms with van der Waals surface area (Å²) in [6.45, 7) is 1.83. The molecule has 0 bridgehead atoms. The molecule has 0 saturated carbocycles. The summed E-state index contributed by atoms with van der Waals surface area (Å²) in [5.41, 5.74) is 1.01. The molecular weight excluding hydrogens is 379 g/mol. The molecule has 2 N–H and O–H groups in total. The molecule has 0 spiro atoms. The number of benzene rings is 1. The lowest BCUT2D eigenvalue weighted by molar-refractivity contribution is 0.600. The van der Waals surface area contributed by atoms with Gasteiger partial charge >= 0.3 is 0 Å². The minimum atomic E-state index is -3.69. The Morgan fingerprint density at radius 2 is 1.95 bits per heavy atom. The predicted octanol–water partition coefficient (Wildman–Crippen LogP) is 2.09. The van der Waals surface area contributed by atoms with Crippen LogP contribution in [-0.4, -0.2) is 13.4 Å². The number of rotatable bonds is 3. The number of anilines is 1. The smallest absolute Gasteiger partial charge is 0.263 e. The van der Waals surface area contributed by atoms with Gasteiger partial charge in [-0.05, 0) is 59.3 Å². The van der Waals surface area contributed by atoms with Crippen LogP contribution in [0.2, 0.25) is 0 Å². The molecule has 1 aromatic heterocycles. The van der Waals surface area contributed by atoms with E-state index in [-0.39, 0.29) is 10.5 Å². The van der Waals surface area contributed by atoms with Gasteiger partial charge in [0, 0.05) is 15.8 Å². The molecule has 5 nitrogen and oxygen atoms in total. The topological polar surface area (TPSA) is 79.0 Å². The molecule has 0 saturated heterocycles. The average molecular weight is 390 g/mol. The standard InChI is InChI=1S/C12H11IN2O3S/c1-8-6-9(13)2-4-11(8)15-19(17,18)10-3-5-12(16)14-7-10/h2-7,15H,1H3,(H,14,16). The molecule has 2 rings (SSSR count). The van der Waals surface area contributed by atoms with E-state index in [1.54, 1.807) is 6.07 Å². The van der Waals surface area contributed by atoms with Crippen LogP contribution in [0.3, 0.4) is 0 Å². The summed E-state index contributed by atoms with van der Waals surface area (Å²) in [5, 5.41) is 0. The molecule has 100 valence electrons. The second-order valence-corrected chi connectivity index (χ2v) is 6.88. The molecule has 19 heavy (non-hydrogen) atoms. The molecule has 0 aliphatic rings. The highest BCUT2D eigenvalue weighted by atomic mass is 127. The molecule has 2 aromatic rings. The first-order valence-corrected chi connectivity index (χ1v) is 7.92. The highest BCUT2D eigenvalue weighted by Gasteiger charge is 2.15. The van der Waals surface area contributed by atoms with E-state index in [0.717, 1.165) is 9.13 Å². The third kappa shape index (κ3) is 3.35. The highest BCUT2D eigenvalue weighted by molar-refractivity contribution is 14.1.